The number of nitrogens with zero attached hydrogens (tertiary/aromatic N) is 1. The minimum Gasteiger partial charge on any atom is -0.496 e. The molecule has 1 saturated heterocycles. The monoisotopic (exact) mass is 292 g/mol. The normalized spacial score (nSPS) is 21.2. The quantitative estimate of drug-likeness (QED) is 0.837. The summed E-state index contributed by atoms with van der Waals surface area (Å²) < 4.78 is 11.1. The second-order valence-corrected chi connectivity index (χ2v) is 5.48. The number of benzene rings is 1. The summed E-state index contributed by atoms with van der Waals surface area (Å²) in [4.78, 5) is 2.54. The second kappa shape index (κ2) is 8.37. The molecule has 0 bridgehead atoms. The molecule has 2 atom stereocenters. The number of rotatable bonds is 7. The van der Waals surface area contributed by atoms with Gasteiger partial charge in [-0.05, 0) is 19.0 Å². The minimum absolute atomic E-state index is 0.290. The Hall–Kier alpha value is -1.10. The average Bonchev–Trinajstić information content (AvgIpc) is 2.55. The van der Waals surface area contributed by atoms with E-state index in [1.54, 1.807) is 7.11 Å². The van der Waals surface area contributed by atoms with Crippen molar-refractivity contribution in [2.24, 2.45) is 0 Å². The van der Waals surface area contributed by atoms with Gasteiger partial charge >= 0.3 is 0 Å². The Morgan fingerprint density at radius 3 is 2.90 bits per heavy atom. The topological polar surface area (TPSA) is 33.7 Å². The van der Waals surface area contributed by atoms with Crippen molar-refractivity contribution < 1.29 is 9.47 Å². The molecule has 1 aliphatic heterocycles. The van der Waals surface area contributed by atoms with Gasteiger partial charge in [0.25, 0.3) is 0 Å². The van der Waals surface area contributed by atoms with Gasteiger partial charge in [-0.2, -0.15) is 0 Å². The van der Waals surface area contributed by atoms with Crippen molar-refractivity contribution in [3.05, 3.63) is 29.8 Å². The smallest absolute Gasteiger partial charge is 0.123 e. The SMILES string of the molecule is CCNC(CN1CCOCC1CC)c1ccccc1OC. The minimum atomic E-state index is 0.290. The van der Waals surface area contributed by atoms with Crippen LogP contribution in [-0.4, -0.2) is 50.9 Å². The van der Waals surface area contributed by atoms with Gasteiger partial charge in [-0.15, -0.1) is 0 Å². The molecule has 1 fully saturated rings. The van der Waals surface area contributed by atoms with E-state index in [9.17, 15) is 0 Å². The average molecular weight is 292 g/mol. The van der Waals surface area contributed by atoms with Gasteiger partial charge in [-0.3, -0.25) is 4.90 Å². The highest BCUT2D eigenvalue weighted by Gasteiger charge is 2.25. The molecule has 4 heteroatoms. The van der Waals surface area contributed by atoms with Crippen LogP contribution in [0.1, 0.15) is 31.9 Å². The Labute approximate surface area is 128 Å². The first-order valence-corrected chi connectivity index (χ1v) is 7.98. The van der Waals surface area contributed by atoms with Gasteiger partial charge in [0, 0.05) is 30.7 Å². The molecule has 1 N–H and O–H groups in total. The van der Waals surface area contributed by atoms with Crippen LogP contribution in [0.3, 0.4) is 0 Å². The van der Waals surface area contributed by atoms with Crippen LogP contribution in [0.4, 0.5) is 0 Å². The van der Waals surface area contributed by atoms with Crippen molar-refractivity contribution in [1.82, 2.24) is 10.2 Å². The molecule has 0 saturated carbocycles. The van der Waals surface area contributed by atoms with Crippen molar-refractivity contribution in [3.63, 3.8) is 0 Å². The number of likely N-dealkylation sites (N-methyl/N-ethyl adjacent to an activating group) is 1. The number of morpholine rings is 1. The molecule has 2 unspecified atom stereocenters. The van der Waals surface area contributed by atoms with Gasteiger partial charge in [0.15, 0.2) is 0 Å². The molecule has 0 spiro atoms. The Kier molecular flexibility index (Phi) is 6.49. The lowest BCUT2D eigenvalue weighted by atomic mass is 10.0. The third-order valence-corrected chi connectivity index (χ3v) is 4.20. The van der Waals surface area contributed by atoms with Crippen molar-refractivity contribution >= 4 is 0 Å². The number of hydrogen-bond donors (Lipinski definition) is 1. The zero-order chi connectivity index (χ0) is 15.1. The molecule has 0 aliphatic carbocycles. The lowest BCUT2D eigenvalue weighted by molar-refractivity contribution is -0.0127. The maximum atomic E-state index is 5.61. The van der Waals surface area contributed by atoms with Gasteiger partial charge in [0.1, 0.15) is 5.75 Å². The summed E-state index contributed by atoms with van der Waals surface area (Å²) in [6.45, 7) is 9.02. The van der Waals surface area contributed by atoms with E-state index < -0.39 is 0 Å². The highest BCUT2D eigenvalue weighted by molar-refractivity contribution is 5.36. The van der Waals surface area contributed by atoms with Gasteiger partial charge in [-0.1, -0.05) is 32.0 Å². The third-order valence-electron chi connectivity index (χ3n) is 4.20. The molecule has 1 aromatic carbocycles. The van der Waals surface area contributed by atoms with Crippen LogP contribution in [0, 0.1) is 0 Å². The molecule has 0 radical (unpaired) electrons. The van der Waals surface area contributed by atoms with Crippen LogP contribution in [0.2, 0.25) is 0 Å². The molecular formula is C17H28N2O2. The molecule has 21 heavy (non-hydrogen) atoms. The van der Waals surface area contributed by atoms with Gasteiger partial charge in [0.05, 0.1) is 20.3 Å². The summed E-state index contributed by atoms with van der Waals surface area (Å²) in [5, 5.41) is 3.60. The van der Waals surface area contributed by atoms with E-state index in [0.29, 0.717) is 12.1 Å². The zero-order valence-electron chi connectivity index (χ0n) is 13.5. The summed E-state index contributed by atoms with van der Waals surface area (Å²) in [5.41, 5.74) is 1.24. The number of para-hydroxylation sites is 1. The molecule has 2 rings (SSSR count). The van der Waals surface area contributed by atoms with E-state index in [2.05, 4.69) is 36.2 Å². The van der Waals surface area contributed by atoms with Crippen LogP contribution in [-0.2, 0) is 4.74 Å². The van der Waals surface area contributed by atoms with Crippen LogP contribution < -0.4 is 10.1 Å². The van der Waals surface area contributed by atoms with Crippen LogP contribution >= 0.6 is 0 Å². The Morgan fingerprint density at radius 1 is 1.38 bits per heavy atom. The first-order valence-electron chi connectivity index (χ1n) is 7.98. The van der Waals surface area contributed by atoms with Gasteiger partial charge in [0.2, 0.25) is 0 Å². The van der Waals surface area contributed by atoms with E-state index in [0.717, 1.165) is 45.0 Å². The largest absolute Gasteiger partial charge is 0.496 e. The molecule has 1 aliphatic rings. The standard InChI is InChI=1S/C17H28N2O2/c1-4-14-13-21-11-10-19(14)12-16(18-5-2)15-8-6-7-9-17(15)20-3/h6-9,14,16,18H,4-5,10-13H2,1-3H3. The molecule has 1 aromatic rings. The highest BCUT2D eigenvalue weighted by atomic mass is 16.5. The summed E-state index contributed by atoms with van der Waals surface area (Å²) in [7, 11) is 1.74. The molecular weight excluding hydrogens is 264 g/mol. The summed E-state index contributed by atoms with van der Waals surface area (Å²) >= 11 is 0. The lowest BCUT2D eigenvalue weighted by Crippen LogP contribution is -2.48. The van der Waals surface area contributed by atoms with E-state index in [1.807, 2.05) is 12.1 Å². The van der Waals surface area contributed by atoms with E-state index in [4.69, 9.17) is 9.47 Å². The van der Waals surface area contributed by atoms with Crippen molar-refractivity contribution in [2.75, 3.05) is 40.0 Å². The number of nitrogens with one attached hydrogen (secondary N) is 1. The van der Waals surface area contributed by atoms with E-state index in [-0.39, 0.29) is 0 Å². The number of methoxy groups -OCH3 is 1. The molecule has 0 aromatic heterocycles. The fourth-order valence-corrected chi connectivity index (χ4v) is 3.01. The van der Waals surface area contributed by atoms with Crippen LogP contribution in [0.15, 0.2) is 24.3 Å². The van der Waals surface area contributed by atoms with Crippen LogP contribution in [0.5, 0.6) is 5.75 Å². The fraction of sp³-hybridized carbons (Fsp3) is 0.647. The highest BCUT2D eigenvalue weighted by Crippen LogP contribution is 2.26. The van der Waals surface area contributed by atoms with Gasteiger partial charge in [-0.25, -0.2) is 0 Å². The lowest BCUT2D eigenvalue weighted by Gasteiger charge is -2.37. The second-order valence-electron chi connectivity index (χ2n) is 5.48. The Balaban J connectivity index is 2.14. The summed E-state index contributed by atoms with van der Waals surface area (Å²) in [5.74, 6) is 0.963. The molecule has 118 valence electrons. The number of ether oxygens (including phenoxy) is 2. The molecule has 1 heterocycles. The van der Waals surface area contributed by atoms with Crippen molar-refractivity contribution in [3.8, 4) is 5.75 Å². The fourth-order valence-electron chi connectivity index (χ4n) is 3.01. The molecule has 0 amide bonds. The number of hydrogen-bond acceptors (Lipinski definition) is 4. The predicted octanol–water partition coefficient (Wildman–Crippen LogP) is 2.46. The van der Waals surface area contributed by atoms with E-state index in [1.165, 1.54) is 5.56 Å². The predicted molar refractivity (Wildman–Crippen MR) is 85.9 cm³/mol. The first-order chi connectivity index (χ1) is 10.3. The van der Waals surface area contributed by atoms with E-state index >= 15 is 0 Å². The first kappa shape index (κ1) is 16.3. The maximum absolute atomic E-state index is 5.61. The maximum Gasteiger partial charge on any atom is 0.123 e. The Morgan fingerprint density at radius 2 is 2.19 bits per heavy atom. The Bertz CT molecular complexity index is 425. The summed E-state index contributed by atoms with van der Waals surface area (Å²) in [6, 6.07) is 9.12. The molecule has 4 nitrogen and oxygen atoms in total. The zero-order valence-corrected chi connectivity index (χ0v) is 13.5. The third kappa shape index (κ3) is 4.19. The van der Waals surface area contributed by atoms with Crippen LogP contribution in [0.25, 0.3) is 0 Å². The van der Waals surface area contributed by atoms with Crippen molar-refractivity contribution in [1.29, 1.82) is 0 Å². The summed E-state index contributed by atoms with van der Waals surface area (Å²) in [6.07, 6.45) is 1.13. The van der Waals surface area contributed by atoms with Crippen molar-refractivity contribution in [2.45, 2.75) is 32.4 Å². The van der Waals surface area contributed by atoms with Gasteiger partial charge < -0.3 is 14.8 Å².